The van der Waals surface area contributed by atoms with Crippen molar-refractivity contribution < 1.29 is 0 Å². The van der Waals surface area contributed by atoms with E-state index in [0.717, 1.165) is 47.6 Å². The Bertz CT molecular complexity index is 856. The second-order valence-electron chi connectivity index (χ2n) is 7.71. The lowest BCUT2D eigenvalue weighted by atomic mass is 10.1. The maximum atomic E-state index is 6.49. The van der Waals surface area contributed by atoms with Crippen molar-refractivity contribution in [3.8, 4) is 11.3 Å². The Morgan fingerprint density at radius 1 is 1.03 bits per heavy atom. The van der Waals surface area contributed by atoms with Gasteiger partial charge in [-0.2, -0.15) is 0 Å². The zero-order valence-electron chi connectivity index (χ0n) is 18.7. The minimum Gasteiger partial charge on any atom is -0.390 e. The lowest BCUT2D eigenvalue weighted by Gasteiger charge is -2.14. The average Bonchev–Trinajstić information content (AvgIpc) is 2.73. The van der Waals surface area contributed by atoms with E-state index in [1.807, 2.05) is 0 Å². The molecule has 1 aromatic carbocycles. The summed E-state index contributed by atoms with van der Waals surface area (Å²) < 4.78 is 0. The molecule has 2 rings (SSSR count). The number of nitrogens with one attached hydrogen (secondary N) is 1. The van der Waals surface area contributed by atoms with Crippen LogP contribution in [0.3, 0.4) is 0 Å². The van der Waals surface area contributed by atoms with Crippen molar-refractivity contribution in [2.24, 2.45) is 4.99 Å². The Morgan fingerprint density at radius 3 is 2.37 bits per heavy atom. The number of hydrogen-bond donors (Lipinski definition) is 2. The molecule has 0 unspecified atom stereocenters. The van der Waals surface area contributed by atoms with Gasteiger partial charge >= 0.3 is 0 Å². The van der Waals surface area contributed by atoms with Gasteiger partial charge in [0.2, 0.25) is 4.80 Å². The van der Waals surface area contributed by atoms with Crippen LogP contribution in [0.5, 0.6) is 0 Å². The van der Waals surface area contributed by atoms with Gasteiger partial charge in [0, 0.05) is 18.7 Å². The fourth-order valence-electron chi connectivity index (χ4n) is 3.20. The summed E-state index contributed by atoms with van der Waals surface area (Å²) in [7, 11) is 0. The van der Waals surface area contributed by atoms with Crippen LogP contribution >= 0.6 is 23.6 Å². The highest BCUT2D eigenvalue weighted by atomic mass is 32.1. The van der Waals surface area contributed by atoms with Gasteiger partial charge in [0.1, 0.15) is 9.99 Å². The smallest absolute Gasteiger partial charge is 0.206 e. The largest absolute Gasteiger partial charge is 0.390 e. The Hall–Kier alpha value is -1.79. The molecule has 0 fully saturated rings. The molecule has 0 bridgehead atoms. The number of benzene rings is 1. The van der Waals surface area contributed by atoms with E-state index < -0.39 is 0 Å². The first-order valence-electron chi connectivity index (χ1n) is 11.2. The number of thiocarbonyl (C=S) groups is 1. The minimum atomic E-state index is 0.679. The van der Waals surface area contributed by atoms with E-state index in [1.54, 1.807) is 0 Å². The zero-order chi connectivity index (χ0) is 21.8. The lowest BCUT2D eigenvalue weighted by molar-refractivity contribution is 0.656. The highest BCUT2D eigenvalue weighted by Crippen LogP contribution is 2.27. The molecule has 3 N–H and O–H groups in total. The van der Waals surface area contributed by atoms with Crippen LogP contribution < -0.4 is 15.9 Å². The van der Waals surface area contributed by atoms with Crippen LogP contribution in [-0.2, 0) is 0 Å². The van der Waals surface area contributed by atoms with E-state index in [9.17, 15) is 0 Å². The fourth-order valence-corrected chi connectivity index (χ4v) is 4.37. The molecule has 0 saturated heterocycles. The van der Waals surface area contributed by atoms with Crippen LogP contribution in [0.1, 0.15) is 76.3 Å². The topological polar surface area (TPSA) is 63.3 Å². The maximum absolute atomic E-state index is 6.49. The second kappa shape index (κ2) is 13.5. The molecule has 0 aliphatic heterocycles. The number of hydrogen-bond acceptors (Lipinski definition) is 5. The Kier molecular flexibility index (Phi) is 11.0. The fraction of sp³-hybridized carbons (Fsp3) is 0.542. The molecule has 4 nitrogen and oxygen atoms in total. The van der Waals surface area contributed by atoms with Crippen molar-refractivity contribution >= 4 is 33.5 Å². The van der Waals surface area contributed by atoms with Gasteiger partial charge < -0.3 is 11.1 Å². The zero-order valence-corrected chi connectivity index (χ0v) is 20.3. The van der Waals surface area contributed by atoms with Crippen LogP contribution in [0.25, 0.3) is 11.3 Å². The quantitative estimate of drug-likeness (QED) is 0.310. The first-order valence-corrected chi connectivity index (χ1v) is 12.5. The van der Waals surface area contributed by atoms with E-state index in [2.05, 4.69) is 50.4 Å². The highest BCUT2D eigenvalue weighted by Gasteiger charge is 2.16. The molecular weight excluding hydrogens is 408 g/mol. The van der Waals surface area contributed by atoms with Crippen molar-refractivity contribution in [1.29, 1.82) is 0 Å². The van der Waals surface area contributed by atoms with Crippen molar-refractivity contribution in [2.75, 3.05) is 18.8 Å². The van der Waals surface area contributed by atoms with Crippen molar-refractivity contribution in [3.63, 3.8) is 0 Å². The van der Waals surface area contributed by atoms with E-state index in [-0.39, 0.29) is 0 Å². The third-order valence-corrected chi connectivity index (χ3v) is 6.19. The molecule has 0 aliphatic carbocycles. The molecule has 0 aliphatic rings. The van der Waals surface area contributed by atoms with Gasteiger partial charge in [-0.3, -0.25) is 4.99 Å². The van der Waals surface area contributed by atoms with E-state index in [1.165, 1.54) is 55.4 Å². The molecule has 0 amide bonds. The number of unbranched alkanes of at least 4 members (excludes halogenated alkanes) is 6. The van der Waals surface area contributed by atoms with Crippen LogP contribution in [0, 0.1) is 6.92 Å². The molecule has 1 aromatic heterocycles. The number of aryl methyl sites for hydroxylation is 1. The van der Waals surface area contributed by atoms with Gasteiger partial charge in [-0.05, 0) is 19.8 Å². The van der Waals surface area contributed by atoms with Crippen molar-refractivity contribution in [1.82, 2.24) is 10.3 Å². The lowest BCUT2D eigenvalue weighted by Crippen LogP contribution is -2.26. The Balaban J connectivity index is 2.29. The molecule has 0 saturated carbocycles. The summed E-state index contributed by atoms with van der Waals surface area (Å²) in [6.45, 7) is 8.17. The Morgan fingerprint density at radius 2 is 1.70 bits per heavy atom. The number of nitrogens with zero attached hydrogens (tertiary/aromatic N) is 2. The predicted octanol–water partition coefficient (Wildman–Crippen LogP) is 6.03. The number of nitrogen functional groups attached to an aromatic ring is 1. The third kappa shape index (κ3) is 7.80. The monoisotopic (exact) mass is 444 g/mol. The summed E-state index contributed by atoms with van der Waals surface area (Å²) in [4.78, 5) is 11.0. The molecule has 164 valence electrons. The van der Waals surface area contributed by atoms with Crippen LogP contribution in [0.4, 0.5) is 5.00 Å². The summed E-state index contributed by atoms with van der Waals surface area (Å²) in [5, 5.41) is 4.07. The normalized spacial score (nSPS) is 11.6. The SMILES string of the molecule is CCCCCCN=c1nc(-c2ccc(C)cc2)c(C(=S)NCCCCCC)c(N)s1. The number of rotatable bonds is 12. The standard InChI is InChI=1S/C24H36N4S2/c1-4-6-8-10-16-26-23(29)20-21(19-14-12-18(3)13-15-19)28-24(30-22(20)25)27-17-11-9-7-5-2/h12-15H,4-11,16-17,25H2,1-3H3,(H,26,29). The Labute approximate surface area is 191 Å². The van der Waals surface area contributed by atoms with E-state index >= 15 is 0 Å². The number of aromatic nitrogens is 1. The van der Waals surface area contributed by atoms with Crippen LogP contribution in [-0.4, -0.2) is 23.1 Å². The van der Waals surface area contributed by atoms with Crippen LogP contribution in [0.2, 0.25) is 0 Å². The average molecular weight is 445 g/mol. The first-order chi connectivity index (χ1) is 14.6. The van der Waals surface area contributed by atoms with Gasteiger partial charge in [0.15, 0.2) is 0 Å². The first kappa shape index (κ1) is 24.5. The van der Waals surface area contributed by atoms with Gasteiger partial charge in [0.25, 0.3) is 0 Å². The number of nitrogens with two attached hydrogens (primary N) is 1. The summed E-state index contributed by atoms with van der Waals surface area (Å²) in [6.07, 6.45) is 9.56. The molecule has 0 atom stereocenters. The second-order valence-corrected chi connectivity index (χ2v) is 9.13. The van der Waals surface area contributed by atoms with Gasteiger partial charge in [-0.25, -0.2) is 4.98 Å². The predicted molar refractivity (Wildman–Crippen MR) is 135 cm³/mol. The summed E-state index contributed by atoms with van der Waals surface area (Å²) >= 11 is 7.15. The molecular formula is C24H36N4S2. The summed E-state index contributed by atoms with van der Waals surface area (Å²) in [6, 6.07) is 8.35. The molecule has 0 spiro atoms. The molecule has 6 heteroatoms. The van der Waals surface area contributed by atoms with Gasteiger partial charge in [-0.1, -0.05) is 106 Å². The highest BCUT2D eigenvalue weighted by molar-refractivity contribution is 7.80. The van der Waals surface area contributed by atoms with Crippen molar-refractivity contribution in [3.05, 3.63) is 40.2 Å². The van der Waals surface area contributed by atoms with Crippen molar-refractivity contribution in [2.45, 2.75) is 72.1 Å². The van der Waals surface area contributed by atoms with Crippen LogP contribution in [0.15, 0.2) is 29.3 Å². The van der Waals surface area contributed by atoms with E-state index in [0.29, 0.717) is 9.99 Å². The molecule has 30 heavy (non-hydrogen) atoms. The third-order valence-electron chi connectivity index (χ3n) is 5.02. The minimum absolute atomic E-state index is 0.679. The van der Waals surface area contributed by atoms with Gasteiger partial charge in [0.05, 0.1) is 11.3 Å². The number of anilines is 1. The molecule has 1 heterocycles. The van der Waals surface area contributed by atoms with Gasteiger partial charge in [-0.15, -0.1) is 0 Å². The molecule has 2 aromatic rings. The summed E-state index contributed by atoms with van der Waals surface area (Å²) in [5.41, 5.74) is 10.4. The molecule has 0 radical (unpaired) electrons. The summed E-state index contributed by atoms with van der Waals surface area (Å²) in [5.74, 6) is 0. The maximum Gasteiger partial charge on any atom is 0.206 e. The van der Waals surface area contributed by atoms with E-state index in [4.69, 9.17) is 27.9 Å².